The minimum absolute atomic E-state index is 0.0426. The zero-order chi connectivity index (χ0) is 26.7. The highest BCUT2D eigenvalue weighted by Crippen LogP contribution is 2.43. The molecule has 1 aromatic rings. The molecule has 0 radical (unpaired) electrons. The van der Waals surface area contributed by atoms with Crippen LogP contribution in [0.15, 0.2) is 18.6 Å². The van der Waals surface area contributed by atoms with E-state index in [4.69, 9.17) is 0 Å². The SMILES string of the molecule is CC(C)(C)C(NC(=O)C(NC(=O)c1cnccn1)C1CCCCC1)C(=O)N1C[C@@H]2CCC[C@@H]2[C@H]1C(=O)O. The number of nitrogens with zero attached hydrogens (tertiary/aromatic N) is 3. The second-order valence-electron chi connectivity index (χ2n) is 11.9. The van der Waals surface area contributed by atoms with Gasteiger partial charge in [-0.05, 0) is 48.9 Å². The highest BCUT2D eigenvalue weighted by atomic mass is 16.4. The lowest BCUT2D eigenvalue weighted by Crippen LogP contribution is -2.61. The smallest absolute Gasteiger partial charge is 0.326 e. The van der Waals surface area contributed by atoms with E-state index in [1.807, 2.05) is 20.8 Å². The first-order valence-electron chi connectivity index (χ1n) is 13.5. The van der Waals surface area contributed by atoms with Gasteiger partial charge >= 0.3 is 5.97 Å². The third-order valence-electron chi connectivity index (χ3n) is 8.31. The van der Waals surface area contributed by atoms with Crippen molar-refractivity contribution in [3.05, 3.63) is 24.3 Å². The van der Waals surface area contributed by atoms with Crippen molar-refractivity contribution in [2.75, 3.05) is 6.54 Å². The van der Waals surface area contributed by atoms with Gasteiger partial charge in [-0.3, -0.25) is 19.4 Å². The number of nitrogens with one attached hydrogen (secondary N) is 2. The molecular formula is C27H39N5O5. The Morgan fingerprint density at radius 3 is 2.35 bits per heavy atom. The minimum atomic E-state index is -0.988. The van der Waals surface area contributed by atoms with Gasteiger partial charge < -0.3 is 20.6 Å². The van der Waals surface area contributed by atoms with Crippen molar-refractivity contribution in [3.8, 4) is 0 Å². The molecule has 0 spiro atoms. The molecule has 3 amide bonds. The van der Waals surface area contributed by atoms with Crippen LogP contribution in [0.5, 0.6) is 0 Å². The highest BCUT2D eigenvalue weighted by Gasteiger charge is 2.52. The van der Waals surface area contributed by atoms with Gasteiger partial charge in [-0.2, -0.15) is 0 Å². The second kappa shape index (κ2) is 11.1. The van der Waals surface area contributed by atoms with Gasteiger partial charge in [0.2, 0.25) is 11.8 Å². The summed E-state index contributed by atoms with van der Waals surface area (Å²) in [5.41, 5.74) is -0.549. The lowest BCUT2D eigenvalue weighted by Gasteiger charge is -2.37. The molecule has 2 saturated carbocycles. The first kappa shape index (κ1) is 27.0. The predicted octanol–water partition coefficient (Wildman–Crippen LogP) is 2.40. The molecule has 5 atom stereocenters. The van der Waals surface area contributed by atoms with Crippen molar-refractivity contribution in [2.45, 2.75) is 90.3 Å². The van der Waals surface area contributed by atoms with E-state index in [1.54, 1.807) is 0 Å². The maximum Gasteiger partial charge on any atom is 0.326 e. The molecule has 202 valence electrons. The predicted molar refractivity (Wildman–Crippen MR) is 135 cm³/mol. The summed E-state index contributed by atoms with van der Waals surface area (Å²) in [5, 5.41) is 15.8. The second-order valence-corrected chi connectivity index (χ2v) is 11.9. The lowest BCUT2D eigenvalue weighted by atomic mass is 9.82. The Kier molecular flexibility index (Phi) is 8.14. The van der Waals surface area contributed by atoms with Crippen LogP contribution in [0.2, 0.25) is 0 Å². The summed E-state index contributed by atoms with van der Waals surface area (Å²) in [4.78, 5) is 62.2. The van der Waals surface area contributed by atoms with Crippen LogP contribution in [0.25, 0.3) is 0 Å². The third-order valence-corrected chi connectivity index (χ3v) is 8.31. The molecule has 2 aliphatic carbocycles. The summed E-state index contributed by atoms with van der Waals surface area (Å²) in [6.45, 7) is 5.97. The first-order valence-corrected chi connectivity index (χ1v) is 13.5. The van der Waals surface area contributed by atoms with Gasteiger partial charge in [-0.1, -0.05) is 46.5 Å². The standard InChI is InChI=1S/C27H39N5O5/c1-27(2,3)22(25(35)32-15-17-10-7-11-18(17)21(32)26(36)37)31-24(34)20(16-8-5-4-6-9-16)30-23(33)19-14-28-12-13-29-19/h12-14,16-18,20-22H,4-11,15H2,1-3H3,(H,30,33)(H,31,34)(H,36,37)/t17-,18-,20?,21-,22?/m0/s1. The summed E-state index contributed by atoms with van der Waals surface area (Å²) in [5.74, 6) is -2.20. The molecule has 10 nitrogen and oxygen atoms in total. The van der Waals surface area contributed by atoms with Crippen LogP contribution in [-0.4, -0.2) is 68.3 Å². The molecule has 1 aliphatic heterocycles. The largest absolute Gasteiger partial charge is 0.480 e. The lowest BCUT2D eigenvalue weighted by molar-refractivity contribution is -0.152. The molecule has 2 unspecified atom stereocenters. The summed E-state index contributed by atoms with van der Waals surface area (Å²) in [6, 6.07) is -2.63. The number of carboxylic acids is 1. The Bertz CT molecular complexity index is 1000. The van der Waals surface area contributed by atoms with E-state index in [9.17, 15) is 24.3 Å². The van der Waals surface area contributed by atoms with Crippen LogP contribution in [0, 0.1) is 23.2 Å². The van der Waals surface area contributed by atoms with Gasteiger partial charge in [0.15, 0.2) is 0 Å². The number of hydrogen-bond acceptors (Lipinski definition) is 6. The molecular weight excluding hydrogens is 474 g/mol. The molecule has 3 aliphatic rings. The molecule has 1 aromatic heterocycles. The molecule has 4 rings (SSSR count). The van der Waals surface area contributed by atoms with Gasteiger partial charge in [-0.15, -0.1) is 0 Å². The average Bonchev–Trinajstić information content (AvgIpc) is 3.47. The fourth-order valence-electron chi connectivity index (χ4n) is 6.39. The highest BCUT2D eigenvalue weighted by molar-refractivity contribution is 5.97. The number of amides is 3. The summed E-state index contributed by atoms with van der Waals surface area (Å²) in [7, 11) is 0. The Morgan fingerprint density at radius 1 is 1.00 bits per heavy atom. The van der Waals surface area contributed by atoms with Crippen molar-refractivity contribution in [1.29, 1.82) is 0 Å². The Balaban J connectivity index is 1.56. The van der Waals surface area contributed by atoms with Crippen molar-refractivity contribution in [3.63, 3.8) is 0 Å². The fourth-order valence-corrected chi connectivity index (χ4v) is 6.39. The maximum atomic E-state index is 13.9. The van der Waals surface area contributed by atoms with Gasteiger partial charge in [0, 0.05) is 18.9 Å². The molecule has 3 fully saturated rings. The van der Waals surface area contributed by atoms with Crippen molar-refractivity contribution in [1.82, 2.24) is 25.5 Å². The molecule has 1 saturated heterocycles. The van der Waals surface area contributed by atoms with E-state index in [-0.39, 0.29) is 29.4 Å². The molecule has 0 aromatic carbocycles. The molecule has 37 heavy (non-hydrogen) atoms. The summed E-state index contributed by atoms with van der Waals surface area (Å²) >= 11 is 0. The quantitative estimate of drug-likeness (QED) is 0.508. The van der Waals surface area contributed by atoms with Crippen LogP contribution < -0.4 is 10.6 Å². The number of carbonyl (C=O) groups is 4. The normalized spacial score (nSPS) is 25.7. The zero-order valence-corrected chi connectivity index (χ0v) is 22.0. The monoisotopic (exact) mass is 513 g/mol. The average molecular weight is 514 g/mol. The number of carbonyl (C=O) groups excluding carboxylic acids is 3. The van der Waals surface area contributed by atoms with E-state index < -0.39 is 41.3 Å². The van der Waals surface area contributed by atoms with Crippen LogP contribution >= 0.6 is 0 Å². The Morgan fingerprint density at radius 2 is 1.73 bits per heavy atom. The van der Waals surface area contributed by atoms with Gasteiger partial charge in [0.1, 0.15) is 23.8 Å². The van der Waals surface area contributed by atoms with Crippen molar-refractivity contribution >= 4 is 23.7 Å². The molecule has 0 bridgehead atoms. The first-order chi connectivity index (χ1) is 17.6. The van der Waals surface area contributed by atoms with Crippen LogP contribution in [0.3, 0.4) is 0 Å². The van der Waals surface area contributed by atoms with Crippen molar-refractivity contribution < 1.29 is 24.3 Å². The van der Waals surface area contributed by atoms with E-state index >= 15 is 0 Å². The van der Waals surface area contributed by atoms with Crippen LogP contribution in [0.4, 0.5) is 0 Å². The number of fused-ring (bicyclic) bond motifs is 1. The number of aromatic nitrogens is 2. The number of rotatable bonds is 7. The summed E-state index contributed by atoms with van der Waals surface area (Å²) < 4.78 is 0. The Hall–Kier alpha value is -3.04. The summed E-state index contributed by atoms with van der Waals surface area (Å²) in [6.07, 6.45) is 11.5. The number of likely N-dealkylation sites (tertiary alicyclic amines) is 1. The third kappa shape index (κ3) is 5.93. The number of aliphatic carboxylic acids is 1. The van der Waals surface area contributed by atoms with Gasteiger partial charge in [-0.25, -0.2) is 9.78 Å². The van der Waals surface area contributed by atoms with Crippen molar-refractivity contribution in [2.24, 2.45) is 23.2 Å². The minimum Gasteiger partial charge on any atom is -0.480 e. The van der Waals surface area contributed by atoms with Crippen LogP contribution in [-0.2, 0) is 14.4 Å². The van der Waals surface area contributed by atoms with Crippen LogP contribution in [0.1, 0.15) is 82.6 Å². The number of hydrogen-bond donors (Lipinski definition) is 3. The van der Waals surface area contributed by atoms with E-state index in [0.29, 0.717) is 6.54 Å². The zero-order valence-electron chi connectivity index (χ0n) is 22.0. The number of carboxylic acid groups (broad SMARTS) is 1. The Labute approximate surface area is 218 Å². The van der Waals surface area contributed by atoms with E-state index in [2.05, 4.69) is 20.6 Å². The van der Waals surface area contributed by atoms with E-state index in [1.165, 1.54) is 23.5 Å². The maximum absolute atomic E-state index is 13.9. The van der Waals surface area contributed by atoms with Gasteiger partial charge in [0.25, 0.3) is 5.91 Å². The van der Waals surface area contributed by atoms with Gasteiger partial charge in [0.05, 0.1) is 6.20 Å². The molecule has 10 heteroatoms. The topological polar surface area (TPSA) is 142 Å². The molecule has 3 N–H and O–H groups in total. The molecule has 2 heterocycles. The van der Waals surface area contributed by atoms with E-state index in [0.717, 1.165) is 51.4 Å². The fraction of sp³-hybridized carbons (Fsp3) is 0.704.